The zero-order valence-corrected chi connectivity index (χ0v) is 12.4. The maximum Gasteiger partial charge on any atom is 0.103 e. The van der Waals surface area contributed by atoms with Crippen molar-refractivity contribution in [3.8, 4) is 5.75 Å². The second kappa shape index (κ2) is 7.25. The maximum absolute atomic E-state index is 9.32. The predicted octanol–water partition coefficient (Wildman–Crippen LogP) is 4.02. The minimum absolute atomic E-state index is 0. The predicted molar refractivity (Wildman–Crippen MR) is 57.6 cm³/mol. The van der Waals surface area contributed by atoms with Gasteiger partial charge in [-0.2, -0.15) is 0 Å². The van der Waals surface area contributed by atoms with Crippen molar-refractivity contribution in [1.82, 2.24) is 0 Å². The molecule has 0 heterocycles. The number of aryl methyl sites for hydroxylation is 2. The molecule has 0 saturated carbocycles. The number of phenols is 1. The van der Waals surface area contributed by atoms with Gasteiger partial charge in [0.15, 0.2) is 0 Å². The Morgan fingerprint density at radius 1 is 1.07 bits per heavy atom. The minimum atomic E-state index is 0. The molecular formula is C11H18NOY-. The van der Waals surface area contributed by atoms with Crippen LogP contribution in [0.25, 0.3) is 5.73 Å². The molecule has 0 fully saturated rings. The van der Waals surface area contributed by atoms with Gasteiger partial charge >= 0.3 is 0 Å². The first-order valence-electron chi connectivity index (χ1n) is 4.55. The van der Waals surface area contributed by atoms with E-state index in [-0.39, 0.29) is 44.1 Å². The maximum atomic E-state index is 9.32. The van der Waals surface area contributed by atoms with Crippen LogP contribution in [-0.4, -0.2) is 5.11 Å². The van der Waals surface area contributed by atoms with Gasteiger partial charge in [0.2, 0.25) is 0 Å². The van der Waals surface area contributed by atoms with Crippen LogP contribution in [0.4, 0.5) is 5.69 Å². The molecule has 0 spiro atoms. The van der Waals surface area contributed by atoms with Crippen molar-refractivity contribution < 1.29 is 37.8 Å². The van der Waals surface area contributed by atoms with Crippen molar-refractivity contribution in [2.75, 3.05) is 0 Å². The molecule has 3 heteroatoms. The van der Waals surface area contributed by atoms with E-state index in [2.05, 4.69) is 0 Å². The molecule has 0 atom stereocenters. The zero-order chi connectivity index (χ0) is 10.6. The summed E-state index contributed by atoms with van der Waals surface area (Å²) in [5.41, 5.74) is 10.4. The Labute approximate surface area is 112 Å². The topological polar surface area (TPSA) is 44.0 Å². The summed E-state index contributed by atoms with van der Waals surface area (Å²) >= 11 is 0. The van der Waals surface area contributed by atoms with Gasteiger partial charge in [0.05, 0.1) is 0 Å². The third kappa shape index (κ3) is 3.58. The monoisotopic (exact) mass is 269 g/mol. The van der Waals surface area contributed by atoms with E-state index in [1.54, 1.807) is 6.92 Å². The van der Waals surface area contributed by atoms with Crippen molar-refractivity contribution in [2.45, 2.75) is 34.6 Å². The molecule has 2 N–H and O–H groups in total. The summed E-state index contributed by atoms with van der Waals surface area (Å²) < 4.78 is 0. The summed E-state index contributed by atoms with van der Waals surface area (Å²) in [5.74, 6) is 0.105. The first kappa shape index (κ1) is 16.4. The van der Waals surface area contributed by atoms with Crippen LogP contribution in [0.15, 0.2) is 6.07 Å². The molecule has 0 aliphatic heterocycles. The summed E-state index contributed by atoms with van der Waals surface area (Å²) in [4.78, 5) is 0. The third-order valence-electron chi connectivity index (χ3n) is 2.01. The summed E-state index contributed by atoms with van der Waals surface area (Å²) in [5, 5.41) is 9.32. The summed E-state index contributed by atoms with van der Waals surface area (Å²) in [6.07, 6.45) is 0. The molecule has 1 radical (unpaired) electrons. The average molecular weight is 269 g/mol. The second-order valence-electron chi connectivity index (χ2n) is 2.86. The van der Waals surface area contributed by atoms with Crippen LogP contribution >= 0.6 is 0 Å². The molecule has 1 aromatic carbocycles. The van der Waals surface area contributed by atoms with Crippen molar-refractivity contribution in [2.24, 2.45) is 0 Å². The van der Waals surface area contributed by atoms with Gasteiger partial charge in [0.1, 0.15) is 5.75 Å². The molecule has 77 valence electrons. The fourth-order valence-electron chi connectivity index (χ4n) is 1.07. The summed E-state index contributed by atoms with van der Waals surface area (Å²) in [7, 11) is 0. The van der Waals surface area contributed by atoms with Crippen LogP contribution in [-0.2, 0) is 32.7 Å². The van der Waals surface area contributed by atoms with Gasteiger partial charge in [-0.25, -0.2) is 0 Å². The van der Waals surface area contributed by atoms with Gasteiger partial charge in [-0.15, -0.1) is 0 Å². The Morgan fingerprint density at radius 2 is 1.50 bits per heavy atom. The molecule has 0 aliphatic rings. The first-order valence-corrected chi connectivity index (χ1v) is 4.55. The van der Waals surface area contributed by atoms with Crippen molar-refractivity contribution in [3.63, 3.8) is 0 Å². The molecule has 0 aromatic heterocycles. The SMILES string of the molecule is CC.Cc1cc(C)c(O)c([NH-])c1C.[Y]. The van der Waals surface area contributed by atoms with E-state index in [0.717, 1.165) is 16.7 Å². The fraction of sp³-hybridized carbons (Fsp3) is 0.455. The smallest absolute Gasteiger partial charge is 0.103 e. The summed E-state index contributed by atoms with van der Waals surface area (Å²) in [6, 6.07) is 1.89. The zero-order valence-electron chi connectivity index (χ0n) is 9.60. The van der Waals surface area contributed by atoms with Gasteiger partial charge in [-0.05, 0) is 31.9 Å². The number of rotatable bonds is 0. The van der Waals surface area contributed by atoms with E-state index in [1.165, 1.54) is 0 Å². The van der Waals surface area contributed by atoms with E-state index in [1.807, 2.05) is 33.8 Å². The molecule has 14 heavy (non-hydrogen) atoms. The molecule has 1 aromatic rings. The number of hydrogen-bond donors (Lipinski definition) is 1. The van der Waals surface area contributed by atoms with Crippen LogP contribution in [0.1, 0.15) is 30.5 Å². The van der Waals surface area contributed by atoms with Crippen molar-refractivity contribution in [3.05, 3.63) is 28.5 Å². The number of nitrogens with one attached hydrogen (secondary N) is 1. The van der Waals surface area contributed by atoms with Crippen LogP contribution in [0.2, 0.25) is 0 Å². The molecule has 1 rings (SSSR count). The van der Waals surface area contributed by atoms with Crippen LogP contribution in [0.5, 0.6) is 5.75 Å². The van der Waals surface area contributed by atoms with E-state index in [9.17, 15) is 5.11 Å². The van der Waals surface area contributed by atoms with Gasteiger partial charge in [-0.1, -0.05) is 31.2 Å². The van der Waals surface area contributed by atoms with Gasteiger partial charge in [0, 0.05) is 32.7 Å². The van der Waals surface area contributed by atoms with Gasteiger partial charge in [0.25, 0.3) is 0 Å². The van der Waals surface area contributed by atoms with Gasteiger partial charge < -0.3 is 10.8 Å². The average Bonchev–Trinajstić information content (AvgIpc) is 2.15. The molecule has 2 nitrogen and oxygen atoms in total. The minimum Gasteiger partial charge on any atom is -0.696 e. The Balaban J connectivity index is 0. The molecule has 0 saturated heterocycles. The van der Waals surface area contributed by atoms with Crippen LogP contribution in [0.3, 0.4) is 0 Å². The first-order chi connectivity index (χ1) is 6.04. The standard InChI is InChI=1S/C9H12NO.C2H6.Y/c1-5-4-6(2)9(11)8(10)7(5)3;1-2;/h4,10-11H,1-3H3;1-2H3;/q-1;;. The number of phenolic OH excluding ortho intramolecular Hbond substituents is 1. The Morgan fingerprint density at radius 3 is 1.93 bits per heavy atom. The van der Waals surface area contributed by atoms with E-state index < -0.39 is 0 Å². The number of aromatic hydroxyl groups is 1. The van der Waals surface area contributed by atoms with Gasteiger partial charge in [-0.3, -0.25) is 0 Å². The fourth-order valence-corrected chi connectivity index (χ4v) is 1.07. The normalized spacial score (nSPS) is 8.36. The summed E-state index contributed by atoms with van der Waals surface area (Å²) in [6.45, 7) is 9.59. The molecule has 0 unspecified atom stereocenters. The Hall–Kier alpha value is -0.0761. The Bertz CT molecular complexity index is 272. The quantitative estimate of drug-likeness (QED) is 0.710. The number of benzene rings is 1. The third-order valence-corrected chi connectivity index (χ3v) is 2.01. The molecule has 0 bridgehead atoms. The molecule has 0 amide bonds. The van der Waals surface area contributed by atoms with Crippen LogP contribution in [0, 0.1) is 20.8 Å². The van der Waals surface area contributed by atoms with E-state index in [4.69, 9.17) is 5.73 Å². The largest absolute Gasteiger partial charge is 0.696 e. The Kier molecular flexibility index (Phi) is 8.47. The van der Waals surface area contributed by atoms with E-state index >= 15 is 0 Å². The van der Waals surface area contributed by atoms with Crippen LogP contribution < -0.4 is 0 Å². The van der Waals surface area contributed by atoms with Crippen molar-refractivity contribution in [1.29, 1.82) is 0 Å². The molecular weight excluding hydrogens is 251 g/mol. The second-order valence-corrected chi connectivity index (χ2v) is 2.86. The molecule has 0 aliphatic carbocycles. The van der Waals surface area contributed by atoms with Crippen molar-refractivity contribution >= 4 is 5.69 Å². The number of hydrogen-bond acceptors (Lipinski definition) is 1. The van der Waals surface area contributed by atoms with E-state index in [0.29, 0.717) is 0 Å².